The van der Waals surface area contributed by atoms with Crippen molar-refractivity contribution in [2.24, 2.45) is 0 Å². The van der Waals surface area contributed by atoms with Gasteiger partial charge in [-0.2, -0.15) is 8.75 Å². The van der Waals surface area contributed by atoms with Gasteiger partial charge >= 0.3 is 0 Å². The first-order valence-electron chi connectivity index (χ1n) is 9.55. The van der Waals surface area contributed by atoms with E-state index in [-0.39, 0.29) is 18.2 Å². The van der Waals surface area contributed by atoms with Crippen molar-refractivity contribution in [1.82, 2.24) is 24.4 Å². The first kappa shape index (κ1) is 19.8. The maximum Gasteiger partial charge on any atom is 0.289 e. The minimum Gasteiger partial charge on any atom is -0.347 e. The molecule has 1 unspecified atom stereocenters. The molecule has 2 N–H and O–H groups in total. The summed E-state index contributed by atoms with van der Waals surface area (Å²) in [4.78, 5) is 42.3. The Bertz CT molecular complexity index is 1050. The van der Waals surface area contributed by atoms with Gasteiger partial charge in [-0.15, -0.1) is 0 Å². The van der Waals surface area contributed by atoms with Crippen LogP contribution in [0.5, 0.6) is 0 Å². The Morgan fingerprint density at radius 3 is 2.50 bits per heavy atom. The summed E-state index contributed by atoms with van der Waals surface area (Å²) in [7, 11) is 0. The number of ketones is 1. The molecule has 1 fully saturated rings. The smallest absolute Gasteiger partial charge is 0.289 e. The lowest BCUT2D eigenvalue weighted by atomic mass is 10.0. The number of benzene rings is 1. The molecular weight excluding hydrogens is 402 g/mol. The zero-order valence-electron chi connectivity index (χ0n) is 15.9. The van der Waals surface area contributed by atoms with Crippen LogP contribution in [0.25, 0.3) is 11.4 Å². The molecule has 0 aliphatic heterocycles. The van der Waals surface area contributed by atoms with Gasteiger partial charge in [0.2, 0.25) is 5.78 Å². The quantitative estimate of drug-likeness (QED) is 0.536. The molecule has 1 saturated carbocycles. The van der Waals surface area contributed by atoms with Crippen LogP contribution in [0.1, 0.15) is 28.9 Å². The van der Waals surface area contributed by atoms with Crippen LogP contribution in [0.15, 0.2) is 54.7 Å². The minimum atomic E-state index is -1.02. The lowest BCUT2D eigenvalue weighted by Crippen LogP contribution is -2.49. The molecule has 3 aromatic rings. The van der Waals surface area contributed by atoms with E-state index in [9.17, 15) is 14.4 Å². The Balaban J connectivity index is 1.55. The number of Topliss-reactive ketones (excluding diaryl/α,β-unsaturated/α-hetero) is 1. The average molecular weight is 421 g/mol. The van der Waals surface area contributed by atoms with Gasteiger partial charge in [-0.05, 0) is 30.5 Å². The molecule has 8 nitrogen and oxygen atoms in total. The van der Waals surface area contributed by atoms with Crippen molar-refractivity contribution in [2.75, 3.05) is 0 Å². The van der Waals surface area contributed by atoms with Crippen LogP contribution in [0, 0.1) is 0 Å². The third kappa shape index (κ3) is 4.74. The van der Waals surface area contributed by atoms with E-state index in [0.717, 1.165) is 30.1 Å². The number of aromatic nitrogens is 3. The fraction of sp³-hybridized carbons (Fsp3) is 0.238. The topological polar surface area (TPSA) is 114 Å². The highest BCUT2D eigenvalue weighted by Gasteiger charge is 2.32. The Morgan fingerprint density at radius 1 is 1.03 bits per heavy atom. The molecule has 0 radical (unpaired) electrons. The molecule has 4 rings (SSSR count). The molecular formula is C21H19N5O3S. The molecule has 1 aliphatic carbocycles. The van der Waals surface area contributed by atoms with Crippen molar-refractivity contribution in [2.45, 2.75) is 31.3 Å². The van der Waals surface area contributed by atoms with Gasteiger partial charge in [0.05, 0.1) is 17.4 Å². The van der Waals surface area contributed by atoms with Crippen molar-refractivity contribution in [3.8, 4) is 11.4 Å². The van der Waals surface area contributed by atoms with Gasteiger partial charge in [0.15, 0.2) is 5.69 Å². The molecule has 1 atom stereocenters. The van der Waals surface area contributed by atoms with Crippen LogP contribution in [0.3, 0.4) is 0 Å². The van der Waals surface area contributed by atoms with Gasteiger partial charge < -0.3 is 10.6 Å². The first-order chi connectivity index (χ1) is 14.6. The Kier molecular flexibility index (Phi) is 5.89. The van der Waals surface area contributed by atoms with Crippen LogP contribution in [-0.4, -0.2) is 43.4 Å². The van der Waals surface area contributed by atoms with E-state index in [0.29, 0.717) is 11.4 Å². The predicted molar refractivity (Wildman–Crippen MR) is 111 cm³/mol. The molecule has 2 heterocycles. The molecule has 0 bridgehead atoms. The standard InChI is InChI=1S/C21H19N5O3S/c27-19(21(29)23-14-9-10-14)16(12-13-6-2-1-3-7-13)24-20(28)18-17(25-30-26-18)15-8-4-5-11-22-15/h1-8,11,14,16H,9-10,12H2,(H,23,29)(H,24,28). The van der Waals surface area contributed by atoms with Crippen LogP contribution in [0.2, 0.25) is 0 Å². The van der Waals surface area contributed by atoms with Gasteiger partial charge in [0.25, 0.3) is 11.8 Å². The van der Waals surface area contributed by atoms with E-state index in [4.69, 9.17) is 0 Å². The number of carbonyl (C=O) groups excluding carboxylic acids is 3. The van der Waals surface area contributed by atoms with Crippen molar-refractivity contribution < 1.29 is 14.4 Å². The number of nitrogens with one attached hydrogen (secondary N) is 2. The fourth-order valence-electron chi connectivity index (χ4n) is 2.94. The molecule has 152 valence electrons. The molecule has 30 heavy (non-hydrogen) atoms. The zero-order chi connectivity index (χ0) is 20.9. The largest absolute Gasteiger partial charge is 0.347 e. The lowest BCUT2D eigenvalue weighted by Gasteiger charge is -2.17. The summed E-state index contributed by atoms with van der Waals surface area (Å²) in [6, 6.07) is 13.5. The maximum atomic E-state index is 12.9. The second-order valence-corrected chi connectivity index (χ2v) is 7.53. The second-order valence-electron chi connectivity index (χ2n) is 7.00. The van der Waals surface area contributed by atoms with Crippen LogP contribution >= 0.6 is 11.7 Å². The van der Waals surface area contributed by atoms with Gasteiger partial charge in [0, 0.05) is 18.7 Å². The van der Waals surface area contributed by atoms with Gasteiger partial charge in [-0.3, -0.25) is 19.4 Å². The van der Waals surface area contributed by atoms with Crippen LogP contribution < -0.4 is 10.6 Å². The fourth-order valence-corrected chi connectivity index (χ4v) is 3.49. The van der Waals surface area contributed by atoms with Crippen LogP contribution in [-0.2, 0) is 16.0 Å². The SMILES string of the molecule is O=C(NC1CC1)C(=O)C(Cc1ccccc1)NC(=O)c1nsnc1-c1ccccn1. The molecule has 0 spiro atoms. The van der Waals surface area contributed by atoms with Crippen molar-refractivity contribution in [3.63, 3.8) is 0 Å². The van der Waals surface area contributed by atoms with E-state index >= 15 is 0 Å². The van der Waals surface area contributed by atoms with Crippen molar-refractivity contribution in [3.05, 3.63) is 66.0 Å². The number of hydrogen-bond acceptors (Lipinski definition) is 7. The minimum absolute atomic E-state index is 0.0491. The number of amides is 2. The Labute approximate surface area is 177 Å². The summed E-state index contributed by atoms with van der Waals surface area (Å²) >= 11 is 0.887. The number of pyridine rings is 1. The number of rotatable bonds is 8. The van der Waals surface area contributed by atoms with Crippen molar-refractivity contribution in [1.29, 1.82) is 0 Å². The summed E-state index contributed by atoms with van der Waals surface area (Å²) in [5.74, 6) is -1.93. The molecule has 1 aliphatic rings. The molecule has 0 saturated heterocycles. The number of hydrogen-bond donors (Lipinski definition) is 2. The molecule has 1 aromatic carbocycles. The van der Waals surface area contributed by atoms with E-state index in [1.54, 1.807) is 24.4 Å². The third-order valence-electron chi connectivity index (χ3n) is 4.65. The van der Waals surface area contributed by atoms with E-state index in [2.05, 4.69) is 24.4 Å². The molecule has 2 amide bonds. The van der Waals surface area contributed by atoms with Crippen molar-refractivity contribution >= 4 is 29.3 Å². The van der Waals surface area contributed by atoms with E-state index in [1.807, 2.05) is 30.3 Å². The summed E-state index contributed by atoms with van der Waals surface area (Å²) in [6.45, 7) is 0. The second kappa shape index (κ2) is 8.91. The Morgan fingerprint density at radius 2 is 1.80 bits per heavy atom. The number of carbonyl (C=O) groups is 3. The predicted octanol–water partition coefficient (Wildman–Crippen LogP) is 1.79. The van der Waals surface area contributed by atoms with Gasteiger partial charge in [-0.25, -0.2) is 0 Å². The summed E-state index contributed by atoms with van der Waals surface area (Å²) in [6.07, 6.45) is 3.53. The third-order valence-corrected chi connectivity index (χ3v) is 5.18. The zero-order valence-corrected chi connectivity index (χ0v) is 16.8. The number of nitrogens with zero attached hydrogens (tertiary/aromatic N) is 3. The highest BCUT2D eigenvalue weighted by molar-refractivity contribution is 6.99. The summed E-state index contributed by atoms with van der Waals surface area (Å²) in [5.41, 5.74) is 1.75. The molecule has 2 aromatic heterocycles. The maximum absolute atomic E-state index is 12.9. The van der Waals surface area contributed by atoms with E-state index in [1.165, 1.54) is 0 Å². The molecule has 9 heteroatoms. The summed E-state index contributed by atoms with van der Waals surface area (Å²) < 4.78 is 8.25. The first-order valence-corrected chi connectivity index (χ1v) is 10.3. The monoisotopic (exact) mass is 421 g/mol. The highest BCUT2D eigenvalue weighted by Crippen LogP contribution is 2.20. The lowest BCUT2D eigenvalue weighted by molar-refractivity contribution is -0.139. The van der Waals surface area contributed by atoms with E-state index < -0.39 is 23.6 Å². The highest BCUT2D eigenvalue weighted by atomic mass is 32.1. The van der Waals surface area contributed by atoms with Gasteiger partial charge in [0.1, 0.15) is 11.7 Å². The average Bonchev–Trinajstić information content (AvgIpc) is 3.45. The Hall–Kier alpha value is -3.46. The summed E-state index contributed by atoms with van der Waals surface area (Å²) in [5, 5.41) is 5.37. The van der Waals surface area contributed by atoms with Gasteiger partial charge in [-0.1, -0.05) is 36.4 Å². The van der Waals surface area contributed by atoms with Crippen LogP contribution in [0.4, 0.5) is 0 Å². The normalized spacial score (nSPS) is 14.0.